The van der Waals surface area contributed by atoms with Crippen molar-refractivity contribution in [1.29, 1.82) is 5.26 Å². The summed E-state index contributed by atoms with van der Waals surface area (Å²) in [4.78, 5) is 13.9. The van der Waals surface area contributed by atoms with Crippen LogP contribution >= 0.6 is 0 Å². The van der Waals surface area contributed by atoms with Crippen LogP contribution in [0.1, 0.15) is 24.8 Å². The molecule has 2 rings (SSSR count). The van der Waals surface area contributed by atoms with Crippen LogP contribution < -0.4 is 5.32 Å². The molecule has 1 saturated heterocycles. The van der Waals surface area contributed by atoms with E-state index < -0.39 is 0 Å². The number of nitrogens with one attached hydrogen (secondary N) is 1. The number of carbonyl (C=O) groups is 1. The van der Waals surface area contributed by atoms with Gasteiger partial charge in [-0.3, -0.25) is 4.79 Å². The van der Waals surface area contributed by atoms with Gasteiger partial charge in [0.25, 0.3) is 5.91 Å². The zero-order valence-corrected chi connectivity index (χ0v) is 11.8. The molecule has 0 spiro atoms. The summed E-state index contributed by atoms with van der Waals surface area (Å²) in [5.41, 5.74) is 0.849. The third kappa shape index (κ3) is 4.32. The summed E-state index contributed by atoms with van der Waals surface area (Å²) in [5.74, 6) is -0.535. The Morgan fingerprint density at radius 2 is 2.14 bits per heavy atom. The van der Waals surface area contributed by atoms with Crippen LogP contribution in [-0.4, -0.2) is 23.9 Å². The van der Waals surface area contributed by atoms with E-state index in [1.54, 1.807) is 17.0 Å². The number of piperidine rings is 1. The van der Waals surface area contributed by atoms with E-state index in [9.17, 15) is 9.18 Å². The molecule has 21 heavy (non-hydrogen) atoms. The van der Waals surface area contributed by atoms with E-state index >= 15 is 0 Å². The molecule has 0 atom stereocenters. The highest BCUT2D eigenvalue weighted by Crippen LogP contribution is 2.11. The topological polar surface area (TPSA) is 56.1 Å². The van der Waals surface area contributed by atoms with Crippen LogP contribution in [0.5, 0.6) is 0 Å². The van der Waals surface area contributed by atoms with Crippen molar-refractivity contribution in [3.63, 3.8) is 0 Å². The van der Waals surface area contributed by atoms with E-state index in [1.807, 2.05) is 6.07 Å². The van der Waals surface area contributed by atoms with Gasteiger partial charge >= 0.3 is 0 Å². The van der Waals surface area contributed by atoms with Gasteiger partial charge in [-0.15, -0.1) is 0 Å². The minimum atomic E-state index is -0.303. The maximum Gasteiger partial charge on any atom is 0.265 e. The molecular formula is C16H18FN3O. The van der Waals surface area contributed by atoms with Gasteiger partial charge in [-0.05, 0) is 37.0 Å². The molecule has 1 aliphatic heterocycles. The molecular weight excluding hydrogens is 269 g/mol. The van der Waals surface area contributed by atoms with Gasteiger partial charge in [-0.25, -0.2) is 4.39 Å². The Morgan fingerprint density at radius 3 is 2.81 bits per heavy atom. The van der Waals surface area contributed by atoms with Crippen molar-refractivity contribution in [3.8, 4) is 6.07 Å². The van der Waals surface area contributed by atoms with Crippen molar-refractivity contribution in [2.45, 2.75) is 25.8 Å². The van der Waals surface area contributed by atoms with Crippen LogP contribution in [0.25, 0.3) is 0 Å². The summed E-state index contributed by atoms with van der Waals surface area (Å²) in [6, 6.07) is 8.13. The van der Waals surface area contributed by atoms with Crippen molar-refractivity contribution in [1.82, 2.24) is 10.2 Å². The summed E-state index contributed by atoms with van der Waals surface area (Å²) in [7, 11) is 0. The van der Waals surface area contributed by atoms with Gasteiger partial charge in [0, 0.05) is 25.8 Å². The molecule has 0 unspecified atom stereocenters. The summed E-state index contributed by atoms with van der Waals surface area (Å²) in [6.45, 7) is 1.79. The van der Waals surface area contributed by atoms with E-state index in [-0.39, 0.29) is 17.3 Å². The van der Waals surface area contributed by atoms with Crippen LogP contribution in [0, 0.1) is 17.1 Å². The fourth-order valence-electron chi connectivity index (χ4n) is 2.33. The van der Waals surface area contributed by atoms with Gasteiger partial charge in [0.1, 0.15) is 17.5 Å². The van der Waals surface area contributed by atoms with Crippen LogP contribution in [-0.2, 0) is 11.3 Å². The molecule has 4 nitrogen and oxygen atoms in total. The predicted molar refractivity (Wildman–Crippen MR) is 77.4 cm³/mol. The lowest BCUT2D eigenvalue weighted by atomic mass is 10.1. The third-order valence-corrected chi connectivity index (χ3v) is 3.44. The molecule has 5 heteroatoms. The second kappa shape index (κ2) is 7.44. The zero-order valence-electron chi connectivity index (χ0n) is 11.8. The molecule has 0 aromatic heterocycles. The molecule has 1 aliphatic rings. The molecule has 0 radical (unpaired) electrons. The van der Waals surface area contributed by atoms with Gasteiger partial charge in [0.15, 0.2) is 0 Å². The standard InChI is InChI=1S/C16H18FN3O/c17-15-6-4-5-13(9-15)11-19-12-14(10-18)16(21)20-7-2-1-3-8-20/h4-6,9,12,19H,1-3,7-8,11H2/b14-12-. The quantitative estimate of drug-likeness (QED) is 0.683. The van der Waals surface area contributed by atoms with Gasteiger partial charge < -0.3 is 10.2 Å². The highest BCUT2D eigenvalue weighted by Gasteiger charge is 2.19. The number of likely N-dealkylation sites (tertiary alicyclic amines) is 1. The Bertz CT molecular complexity index is 571. The predicted octanol–water partition coefficient (Wildman–Crippen LogP) is 2.34. The first kappa shape index (κ1) is 15.0. The van der Waals surface area contributed by atoms with E-state index in [2.05, 4.69) is 5.32 Å². The third-order valence-electron chi connectivity index (χ3n) is 3.44. The summed E-state index contributed by atoms with van der Waals surface area (Å²) >= 11 is 0. The maximum atomic E-state index is 13.0. The summed E-state index contributed by atoms with van der Waals surface area (Å²) in [5, 5.41) is 12.0. The number of nitriles is 1. The normalized spacial score (nSPS) is 15.4. The lowest BCUT2D eigenvalue weighted by Gasteiger charge is -2.26. The Hall–Kier alpha value is -2.35. The number of hydrogen-bond acceptors (Lipinski definition) is 3. The largest absolute Gasteiger partial charge is 0.386 e. The molecule has 1 heterocycles. The number of carbonyl (C=O) groups excluding carboxylic acids is 1. The number of nitrogens with zero attached hydrogens (tertiary/aromatic N) is 2. The average Bonchev–Trinajstić information content (AvgIpc) is 2.52. The van der Waals surface area contributed by atoms with Crippen molar-refractivity contribution in [2.75, 3.05) is 13.1 Å². The van der Waals surface area contributed by atoms with Gasteiger partial charge in [0.2, 0.25) is 0 Å². The number of hydrogen-bond donors (Lipinski definition) is 1. The fraction of sp³-hybridized carbons (Fsp3) is 0.375. The minimum Gasteiger partial charge on any atom is -0.386 e. The lowest BCUT2D eigenvalue weighted by molar-refractivity contribution is -0.127. The number of amides is 1. The van der Waals surface area contributed by atoms with Crippen LogP contribution in [0.3, 0.4) is 0 Å². The van der Waals surface area contributed by atoms with Crippen LogP contribution in [0.15, 0.2) is 36.0 Å². The molecule has 1 aromatic carbocycles. The molecule has 1 amide bonds. The molecule has 0 saturated carbocycles. The van der Waals surface area contributed by atoms with Crippen LogP contribution in [0.2, 0.25) is 0 Å². The number of rotatable bonds is 4. The average molecular weight is 287 g/mol. The van der Waals surface area contributed by atoms with Gasteiger partial charge in [-0.1, -0.05) is 12.1 Å². The Labute approximate surface area is 123 Å². The van der Waals surface area contributed by atoms with Crippen molar-refractivity contribution >= 4 is 5.91 Å². The summed E-state index contributed by atoms with van der Waals surface area (Å²) in [6.07, 6.45) is 4.53. The molecule has 110 valence electrons. The second-order valence-electron chi connectivity index (χ2n) is 5.03. The lowest BCUT2D eigenvalue weighted by Crippen LogP contribution is -2.36. The highest BCUT2D eigenvalue weighted by molar-refractivity contribution is 5.97. The van der Waals surface area contributed by atoms with E-state index in [4.69, 9.17) is 5.26 Å². The van der Waals surface area contributed by atoms with Crippen molar-refractivity contribution in [3.05, 3.63) is 47.4 Å². The molecule has 0 aliphatic carbocycles. The molecule has 0 bridgehead atoms. The Kier molecular flexibility index (Phi) is 5.33. The minimum absolute atomic E-state index is 0.0910. The monoisotopic (exact) mass is 287 g/mol. The van der Waals surface area contributed by atoms with E-state index in [0.717, 1.165) is 24.8 Å². The SMILES string of the molecule is N#C/C(=C/NCc1cccc(F)c1)C(=O)N1CCCCC1. The second-order valence-corrected chi connectivity index (χ2v) is 5.03. The number of halogens is 1. The van der Waals surface area contributed by atoms with Gasteiger partial charge in [-0.2, -0.15) is 5.26 Å². The molecule has 1 aromatic rings. The Morgan fingerprint density at radius 1 is 1.38 bits per heavy atom. The smallest absolute Gasteiger partial charge is 0.265 e. The fourth-order valence-corrected chi connectivity index (χ4v) is 2.33. The van der Waals surface area contributed by atoms with Gasteiger partial charge in [0.05, 0.1) is 0 Å². The van der Waals surface area contributed by atoms with E-state index in [0.29, 0.717) is 19.6 Å². The molecule has 1 fully saturated rings. The van der Waals surface area contributed by atoms with Crippen molar-refractivity contribution < 1.29 is 9.18 Å². The summed E-state index contributed by atoms with van der Waals surface area (Å²) < 4.78 is 13.0. The molecule has 1 N–H and O–H groups in total. The van der Waals surface area contributed by atoms with Crippen molar-refractivity contribution in [2.24, 2.45) is 0 Å². The maximum absolute atomic E-state index is 13.0. The van der Waals surface area contributed by atoms with Crippen LogP contribution in [0.4, 0.5) is 4.39 Å². The van der Waals surface area contributed by atoms with E-state index in [1.165, 1.54) is 18.3 Å². The number of benzene rings is 1. The first-order chi connectivity index (χ1) is 10.2. The highest BCUT2D eigenvalue weighted by atomic mass is 19.1. The first-order valence-corrected chi connectivity index (χ1v) is 7.08. The first-order valence-electron chi connectivity index (χ1n) is 7.08. The Balaban J connectivity index is 1.94. The zero-order chi connectivity index (χ0) is 15.1.